The summed E-state index contributed by atoms with van der Waals surface area (Å²) in [4.78, 5) is 27.5. The van der Waals surface area contributed by atoms with Gasteiger partial charge in [-0.25, -0.2) is 0 Å². The molecule has 9 nitrogen and oxygen atoms in total. The number of amides is 2. The summed E-state index contributed by atoms with van der Waals surface area (Å²) in [6.07, 6.45) is 5.35. The molecule has 224 valence electrons. The Labute approximate surface area is 260 Å². The summed E-state index contributed by atoms with van der Waals surface area (Å²) in [6.45, 7) is 3.87. The van der Waals surface area contributed by atoms with Gasteiger partial charge in [-0.15, -0.1) is 0 Å². The highest BCUT2D eigenvalue weighted by Gasteiger charge is 2.25. The summed E-state index contributed by atoms with van der Waals surface area (Å²) in [5.41, 5.74) is 4.78. The molecular weight excluding hydrogens is 588 g/mol. The Morgan fingerprint density at radius 3 is 2.86 bits per heavy atom. The number of nitrogens with one attached hydrogen (secondary N) is 1. The maximum absolute atomic E-state index is 13.4. The molecule has 1 aliphatic heterocycles. The number of nitrogens with zero attached hydrogens (tertiary/aromatic N) is 3. The molecule has 5 rings (SSSR count). The lowest BCUT2D eigenvalue weighted by atomic mass is 10.1. The zero-order valence-corrected chi connectivity index (χ0v) is 25.4. The van der Waals surface area contributed by atoms with Gasteiger partial charge in [0, 0.05) is 58.5 Å². The van der Waals surface area contributed by atoms with Gasteiger partial charge in [0.1, 0.15) is 5.75 Å². The Morgan fingerprint density at radius 2 is 2.00 bits per heavy atom. The Bertz CT molecular complexity index is 1590. The lowest BCUT2D eigenvalue weighted by molar-refractivity contribution is -0.118. The van der Waals surface area contributed by atoms with E-state index >= 15 is 0 Å². The zero-order valence-electron chi connectivity index (χ0n) is 23.8. The van der Waals surface area contributed by atoms with Gasteiger partial charge < -0.3 is 24.2 Å². The number of benzene rings is 3. The third-order valence-corrected chi connectivity index (χ3v) is 7.83. The molecule has 0 radical (unpaired) electrons. The van der Waals surface area contributed by atoms with Gasteiger partial charge >= 0.3 is 0 Å². The van der Waals surface area contributed by atoms with E-state index in [0.29, 0.717) is 67.5 Å². The minimum absolute atomic E-state index is 0.0208. The van der Waals surface area contributed by atoms with Crippen LogP contribution in [0, 0.1) is 6.92 Å². The molecule has 4 aromatic rings. The number of halogens is 1. The van der Waals surface area contributed by atoms with E-state index in [-0.39, 0.29) is 17.7 Å². The molecule has 0 spiro atoms. The molecule has 2 N–H and O–H groups in total. The molecule has 3 aromatic carbocycles. The van der Waals surface area contributed by atoms with Crippen LogP contribution >= 0.6 is 23.6 Å². The van der Waals surface area contributed by atoms with Gasteiger partial charge in [-0.05, 0) is 55.7 Å². The van der Waals surface area contributed by atoms with Gasteiger partial charge in [0.05, 0.1) is 37.5 Å². The second-order valence-corrected chi connectivity index (χ2v) is 11.1. The van der Waals surface area contributed by atoms with Crippen LogP contribution in [0.25, 0.3) is 11.1 Å². The second-order valence-electron chi connectivity index (χ2n) is 10.1. The Hall–Kier alpha value is -3.99. The Kier molecular flexibility index (Phi) is 10.2. The summed E-state index contributed by atoms with van der Waals surface area (Å²) >= 11 is 6.75. The number of hydrogen-bond donors (Lipinski definition) is 2. The zero-order chi connectivity index (χ0) is 30.2. The molecule has 43 heavy (non-hydrogen) atoms. The second kappa shape index (κ2) is 14.5. The van der Waals surface area contributed by atoms with Crippen LogP contribution in [0.1, 0.15) is 40.7 Å². The summed E-state index contributed by atoms with van der Waals surface area (Å²) in [7, 11) is 0. The van der Waals surface area contributed by atoms with Gasteiger partial charge in [0.25, 0.3) is 5.91 Å². The van der Waals surface area contributed by atoms with Crippen molar-refractivity contribution in [3.63, 3.8) is 0 Å². The summed E-state index contributed by atoms with van der Waals surface area (Å²) in [5.74, 6) is 1.29. The van der Waals surface area contributed by atoms with Crippen molar-refractivity contribution in [1.29, 1.82) is 0 Å². The van der Waals surface area contributed by atoms with Crippen LogP contribution in [0.15, 0.2) is 73.1 Å². The van der Waals surface area contributed by atoms with Gasteiger partial charge in [-0.2, -0.15) is 5.10 Å². The van der Waals surface area contributed by atoms with Crippen molar-refractivity contribution in [3.05, 3.63) is 94.8 Å². The van der Waals surface area contributed by atoms with Crippen LogP contribution in [0.2, 0.25) is 5.02 Å². The molecule has 0 bridgehead atoms. The van der Waals surface area contributed by atoms with E-state index in [1.807, 2.05) is 66.6 Å². The first-order valence-electron chi connectivity index (χ1n) is 14.0. The average Bonchev–Trinajstić information content (AvgIpc) is 3.36. The highest BCUT2D eigenvalue weighted by atomic mass is 35.5. The van der Waals surface area contributed by atoms with Crippen molar-refractivity contribution in [2.75, 3.05) is 30.5 Å². The maximum atomic E-state index is 13.4. The van der Waals surface area contributed by atoms with Crippen LogP contribution in [-0.4, -0.2) is 51.8 Å². The van der Waals surface area contributed by atoms with E-state index in [2.05, 4.69) is 10.4 Å². The number of fused-ring (bicyclic) bond motifs is 1. The number of para-hydroxylation sites is 1. The molecule has 11 heteroatoms. The highest BCUT2D eigenvalue weighted by Crippen LogP contribution is 2.40. The molecular formula is C32H33ClN4O5S. The summed E-state index contributed by atoms with van der Waals surface area (Å²) in [5, 5.41) is 7.84. The first kappa shape index (κ1) is 30.5. The van der Waals surface area contributed by atoms with Crippen molar-refractivity contribution in [2.45, 2.75) is 32.7 Å². The molecule has 1 aliphatic rings. The molecule has 0 atom stereocenters. The molecule has 1 aromatic heterocycles. The number of carbonyl (C=O) groups is 2. The topological polar surface area (TPSA) is 106 Å². The number of carbonyl (C=O) groups excluding carboxylic acids is 2. The Balaban J connectivity index is 1.27. The van der Waals surface area contributed by atoms with Crippen molar-refractivity contribution >= 4 is 41.1 Å². The SMILES string of the molecule is Cc1c(Cl)cccc1OCCCC(=O)N1CCCOc2c(-c3cnn(Cc4cccc(C(=O)NCSO)c4)c3)cccc21. The number of rotatable bonds is 11. The van der Waals surface area contributed by atoms with Crippen LogP contribution in [0.3, 0.4) is 0 Å². The third kappa shape index (κ3) is 7.51. The molecule has 2 heterocycles. The minimum atomic E-state index is -0.253. The van der Waals surface area contributed by atoms with E-state index in [4.69, 9.17) is 25.6 Å². The van der Waals surface area contributed by atoms with Crippen LogP contribution in [-0.2, 0) is 11.3 Å². The van der Waals surface area contributed by atoms with Gasteiger partial charge in [0.15, 0.2) is 5.75 Å². The van der Waals surface area contributed by atoms with Crippen LogP contribution in [0.5, 0.6) is 11.5 Å². The average molecular weight is 621 g/mol. The molecule has 0 unspecified atom stereocenters. The standard InChI is InChI=1S/C32H33ClN4O5S/c1-22-27(33)10-4-12-29(22)41-15-5-13-30(38)37-14-6-16-42-31-26(9-3-11-28(31)37)25-18-35-36(20-25)19-23-7-2-8-24(17-23)32(39)34-21-43-40/h2-4,7-12,17-18,20,40H,5-6,13-16,19,21H2,1H3,(H,34,39). The quantitative estimate of drug-likeness (QED) is 0.113. The van der Waals surface area contributed by atoms with Crippen LogP contribution < -0.4 is 19.7 Å². The van der Waals surface area contributed by atoms with E-state index in [0.717, 1.165) is 40.1 Å². The first-order chi connectivity index (χ1) is 20.9. The predicted octanol–water partition coefficient (Wildman–Crippen LogP) is 6.43. The number of aromatic nitrogens is 2. The lowest BCUT2D eigenvalue weighted by Crippen LogP contribution is -2.31. The summed E-state index contributed by atoms with van der Waals surface area (Å²) in [6, 6.07) is 18.7. The van der Waals surface area contributed by atoms with E-state index in [9.17, 15) is 9.59 Å². The number of anilines is 1. The molecule has 2 amide bonds. The minimum Gasteiger partial charge on any atom is -0.493 e. The third-order valence-electron chi connectivity index (χ3n) is 7.14. The van der Waals surface area contributed by atoms with E-state index < -0.39 is 0 Å². The van der Waals surface area contributed by atoms with E-state index in [1.165, 1.54) is 0 Å². The van der Waals surface area contributed by atoms with Gasteiger partial charge in [0.2, 0.25) is 5.91 Å². The maximum Gasteiger partial charge on any atom is 0.252 e. The van der Waals surface area contributed by atoms with Gasteiger partial charge in [-0.3, -0.25) is 14.3 Å². The summed E-state index contributed by atoms with van der Waals surface area (Å²) < 4.78 is 22.8. The number of ether oxygens (including phenoxy) is 2. The van der Waals surface area contributed by atoms with Crippen LogP contribution in [0.4, 0.5) is 5.69 Å². The van der Waals surface area contributed by atoms with Gasteiger partial charge in [-0.1, -0.05) is 41.9 Å². The number of hydrogen-bond acceptors (Lipinski definition) is 7. The smallest absolute Gasteiger partial charge is 0.252 e. The molecule has 0 aliphatic carbocycles. The first-order valence-corrected chi connectivity index (χ1v) is 15.4. The normalized spacial score (nSPS) is 12.7. The van der Waals surface area contributed by atoms with Crippen molar-refractivity contribution in [3.8, 4) is 22.6 Å². The predicted molar refractivity (Wildman–Crippen MR) is 169 cm³/mol. The van der Waals surface area contributed by atoms with E-state index in [1.54, 1.807) is 23.0 Å². The highest BCUT2D eigenvalue weighted by molar-refractivity contribution is 7.93. The molecule has 0 fully saturated rings. The van der Waals surface area contributed by atoms with Crippen molar-refractivity contribution < 1.29 is 23.6 Å². The fraction of sp³-hybridized carbons (Fsp3) is 0.281. The lowest BCUT2D eigenvalue weighted by Gasteiger charge is -2.23. The van der Waals surface area contributed by atoms with Crippen molar-refractivity contribution in [1.82, 2.24) is 15.1 Å². The molecule has 0 saturated carbocycles. The molecule has 0 saturated heterocycles. The monoisotopic (exact) mass is 620 g/mol. The fourth-order valence-corrected chi connectivity index (χ4v) is 5.33. The fourth-order valence-electron chi connectivity index (χ4n) is 4.96. The van der Waals surface area contributed by atoms with Crippen molar-refractivity contribution in [2.24, 2.45) is 0 Å². The Morgan fingerprint density at radius 1 is 1.16 bits per heavy atom. The largest absolute Gasteiger partial charge is 0.493 e.